The molecule has 27 heavy (non-hydrogen) atoms. The van der Waals surface area contributed by atoms with E-state index in [1.165, 1.54) is 0 Å². The van der Waals surface area contributed by atoms with Crippen LogP contribution in [0.2, 0.25) is 0 Å². The molecule has 10 heteroatoms. The van der Waals surface area contributed by atoms with Crippen molar-refractivity contribution >= 4 is 11.7 Å². The van der Waals surface area contributed by atoms with Crippen LogP contribution < -0.4 is 10.6 Å². The molecule has 8 nitrogen and oxygen atoms in total. The number of amides is 2. The number of aliphatic hydroxyl groups excluding tert-OH is 2. The molecule has 0 aromatic heterocycles. The van der Waals surface area contributed by atoms with Gasteiger partial charge in [-0.3, -0.25) is 4.90 Å². The summed E-state index contributed by atoms with van der Waals surface area (Å²) in [5, 5.41) is 24.7. The van der Waals surface area contributed by atoms with Gasteiger partial charge in [-0.15, -0.1) is 0 Å². The van der Waals surface area contributed by atoms with Crippen molar-refractivity contribution in [3.63, 3.8) is 0 Å². The Balaban J connectivity index is 1.59. The molecule has 0 unspecified atom stereocenters. The van der Waals surface area contributed by atoms with Crippen molar-refractivity contribution in [1.82, 2.24) is 10.2 Å². The van der Waals surface area contributed by atoms with Crippen LogP contribution in [0.5, 0.6) is 0 Å². The van der Waals surface area contributed by atoms with Crippen LogP contribution in [0.3, 0.4) is 0 Å². The number of halogens is 2. The van der Waals surface area contributed by atoms with Gasteiger partial charge < -0.3 is 30.3 Å². The number of rotatable bonds is 5. The number of hydrogen-bond donors (Lipinski definition) is 4. The first-order chi connectivity index (χ1) is 13.0. The fourth-order valence-electron chi connectivity index (χ4n) is 3.42. The third-order valence-corrected chi connectivity index (χ3v) is 4.75. The van der Waals surface area contributed by atoms with Gasteiger partial charge in [-0.1, -0.05) is 0 Å². The van der Waals surface area contributed by atoms with Crippen molar-refractivity contribution in [1.29, 1.82) is 0 Å². The van der Waals surface area contributed by atoms with Crippen LogP contribution in [0, 0.1) is 11.6 Å². The van der Waals surface area contributed by atoms with Crippen LogP contribution in [-0.4, -0.2) is 85.0 Å². The molecular weight excluding hydrogens is 364 g/mol. The monoisotopic (exact) mass is 387 g/mol. The third kappa shape index (κ3) is 4.71. The molecule has 4 N–H and O–H groups in total. The summed E-state index contributed by atoms with van der Waals surface area (Å²) in [6, 6.07) is 1.74. The van der Waals surface area contributed by atoms with E-state index in [9.17, 15) is 23.8 Å². The number of hydrogen-bond acceptors (Lipinski definition) is 6. The Morgan fingerprint density at radius 3 is 2.67 bits per heavy atom. The first kappa shape index (κ1) is 19.9. The number of carbonyl (C=O) groups is 1. The van der Waals surface area contributed by atoms with E-state index in [0.29, 0.717) is 32.4 Å². The van der Waals surface area contributed by atoms with Crippen molar-refractivity contribution in [2.75, 3.05) is 44.8 Å². The van der Waals surface area contributed by atoms with Crippen LogP contribution in [-0.2, 0) is 9.47 Å². The van der Waals surface area contributed by atoms with Gasteiger partial charge >= 0.3 is 6.03 Å². The summed E-state index contributed by atoms with van der Waals surface area (Å²) in [7, 11) is 0. The summed E-state index contributed by atoms with van der Waals surface area (Å²) in [5.41, 5.74) is -0.153. The molecule has 1 aromatic carbocycles. The summed E-state index contributed by atoms with van der Waals surface area (Å²) in [5.74, 6) is -1.63. The zero-order valence-corrected chi connectivity index (χ0v) is 14.6. The lowest BCUT2D eigenvalue weighted by Crippen LogP contribution is -2.54. The van der Waals surface area contributed by atoms with Gasteiger partial charge in [-0.2, -0.15) is 0 Å². The minimum atomic E-state index is -0.905. The van der Waals surface area contributed by atoms with E-state index in [1.54, 1.807) is 0 Å². The van der Waals surface area contributed by atoms with Gasteiger partial charge in [0.05, 0.1) is 37.7 Å². The number of benzene rings is 1. The van der Waals surface area contributed by atoms with Crippen molar-refractivity contribution < 1.29 is 33.3 Å². The topological polar surface area (TPSA) is 103 Å². The van der Waals surface area contributed by atoms with Crippen molar-refractivity contribution in [3.05, 3.63) is 29.8 Å². The molecule has 2 fully saturated rings. The predicted octanol–water partition coefficient (Wildman–Crippen LogP) is -0.0923. The zero-order chi connectivity index (χ0) is 19.4. The average Bonchev–Trinajstić information content (AvgIpc) is 2.98. The number of nitrogens with one attached hydrogen (secondary N) is 2. The first-order valence-electron chi connectivity index (χ1n) is 8.75. The van der Waals surface area contributed by atoms with E-state index in [1.807, 2.05) is 4.90 Å². The maximum absolute atomic E-state index is 13.6. The largest absolute Gasteiger partial charge is 0.394 e. The van der Waals surface area contributed by atoms with Gasteiger partial charge in [-0.25, -0.2) is 13.6 Å². The van der Waals surface area contributed by atoms with E-state index in [2.05, 4.69) is 10.6 Å². The van der Waals surface area contributed by atoms with Crippen LogP contribution in [0.1, 0.15) is 0 Å². The second kappa shape index (κ2) is 8.89. The lowest BCUT2D eigenvalue weighted by atomic mass is 10.0. The second-order valence-corrected chi connectivity index (χ2v) is 6.48. The average molecular weight is 387 g/mol. The van der Waals surface area contributed by atoms with E-state index in [0.717, 1.165) is 12.1 Å². The Labute approximate surface area is 155 Å². The molecule has 2 aliphatic heterocycles. The molecule has 2 aliphatic rings. The molecule has 0 radical (unpaired) electrons. The van der Waals surface area contributed by atoms with E-state index in [4.69, 9.17) is 9.47 Å². The Bertz CT molecular complexity index is 659. The molecule has 4 atom stereocenters. The van der Waals surface area contributed by atoms with Gasteiger partial charge in [0.1, 0.15) is 23.8 Å². The molecule has 0 bridgehead atoms. The lowest BCUT2D eigenvalue weighted by molar-refractivity contribution is -0.0214. The summed E-state index contributed by atoms with van der Waals surface area (Å²) in [6.07, 6.45) is -2.21. The SMILES string of the molecule is O=C(NC[C@H]1O[C@@H](CO)[C@@H](O)[C@H]1N1CCOCC1)Nc1ccc(F)cc1F. The van der Waals surface area contributed by atoms with Crippen molar-refractivity contribution in [2.24, 2.45) is 0 Å². The molecule has 150 valence electrons. The fraction of sp³-hybridized carbons (Fsp3) is 0.588. The van der Waals surface area contributed by atoms with Gasteiger partial charge in [0.2, 0.25) is 0 Å². The Hall–Kier alpha value is -1.85. The Kier molecular flexibility index (Phi) is 6.55. The maximum atomic E-state index is 13.6. The summed E-state index contributed by atoms with van der Waals surface area (Å²) in [6.45, 7) is 1.96. The van der Waals surface area contributed by atoms with E-state index in [-0.39, 0.29) is 18.8 Å². The predicted molar refractivity (Wildman–Crippen MR) is 91.3 cm³/mol. The maximum Gasteiger partial charge on any atom is 0.319 e. The first-order valence-corrected chi connectivity index (χ1v) is 8.75. The smallest absolute Gasteiger partial charge is 0.319 e. The molecule has 0 spiro atoms. The Morgan fingerprint density at radius 1 is 1.26 bits per heavy atom. The van der Waals surface area contributed by atoms with Crippen LogP contribution in [0.25, 0.3) is 0 Å². The Morgan fingerprint density at radius 2 is 2.00 bits per heavy atom. The normalized spacial score (nSPS) is 28.9. The summed E-state index contributed by atoms with van der Waals surface area (Å²) >= 11 is 0. The summed E-state index contributed by atoms with van der Waals surface area (Å²) < 4.78 is 37.5. The minimum Gasteiger partial charge on any atom is -0.394 e. The molecular formula is C17H23F2N3O5. The molecule has 2 saturated heterocycles. The third-order valence-electron chi connectivity index (χ3n) is 4.75. The molecule has 1 aromatic rings. The number of anilines is 1. The van der Waals surface area contributed by atoms with Gasteiger partial charge in [0.15, 0.2) is 0 Å². The highest BCUT2D eigenvalue weighted by molar-refractivity contribution is 5.89. The van der Waals surface area contributed by atoms with Crippen LogP contribution in [0.15, 0.2) is 18.2 Å². The molecule has 0 aliphatic carbocycles. The molecule has 0 saturated carbocycles. The zero-order valence-electron chi connectivity index (χ0n) is 14.6. The molecule has 2 heterocycles. The van der Waals surface area contributed by atoms with Crippen molar-refractivity contribution in [2.45, 2.75) is 24.4 Å². The summed E-state index contributed by atoms with van der Waals surface area (Å²) in [4.78, 5) is 14.0. The van der Waals surface area contributed by atoms with Crippen LogP contribution in [0.4, 0.5) is 19.3 Å². The quantitative estimate of drug-likeness (QED) is 0.563. The minimum absolute atomic E-state index is 0.0459. The number of ether oxygens (including phenoxy) is 2. The highest BCUT2D eigenvalue weighted by Crippen LogP contribution is 2.26. The molecule has 2 amide bonds. The van der Waals surface area contributed by atoms with Gasteiger partial charge in [-0.05, 0) is 12.1 Å². The second-order valence-electron chi connectivity index (χ2n) is 6.48. The standard InChI is InChI=1S/C17H23F2N3O5/c18-10-1-2-12(11(19)7-10)21-17(25)20-8-13-15(16(24)14(9-23)27-13)22-3-5-26-6-4-22/h1-2,7,13-16,23-24H,3-6,8-9H2,(H2,20,21,25)/t13-,14+,15+,16-/m1/s1. The number of morpholine rings is 1. The number of carbonyl (C=O) groups excluding carboxylic acids is 1. The molecule has 3 rings (SSSR count). The number of urea groups is 1. The van der Waals surface area contributed by atoms with Crippen molar-refractivity contribution in [3.8, 4) is 0 Å². The van der Waals surface area contributed by atoms with Crippen LogP contribution >= 0.6 is 0 Å². The highest BCUT2D eigenvalue weighted by atomic mass is 19.1. The van der Waals surface area contributed by atoms with E-state index >= 15 is 0 Å². The fourth-order valence-corrected chi connectivity index (χ4v) is 3.42. The van der Waals surface area contributed by atoms with E-state index < -0.39 is 42.0 Å². The number of nitrogens with zero attached hydrogens (tertiary/aromatic N) is 1. The lowest BCUT2D eigenvalue weighted by Gasteiger charge is -2.36. The number of aliphatic hydroxyl groups is 2. The van der Waals surface area contributed by atoms with Gasteiger partial charge in [0.25, 0.3) is 0 Å². The van der Waals surface area contributed by atoms with Gasteiger partial charge in [0, 0.05) is 25.7 Å². The highest BCUT2D eigenvalue weighted by Gasteiger charge is 2.46.